The maximum atomic E-state index is 15.2. The molecule has 6 rings (SSSR count). The summed E-state index contributed by atoms with van der Waals surface area (Å²) in [7, 11) is 0. The van der Waals surface area contributed by atoms with E-state index < -0.39 is 11.4 Å². The minimum Gasteiger partial charge on any atom is -0.463 e. The summed E-state index contributed by atoms with van der Waals surface area (Å²) in [5, 5.41) is 10.1. The molecule has 0 fully saturated rings. The summed E-state index contributed by atoms with van der Waals surface area (Å²) in [6, 6.07) is 17.5. The Bertz CT molecular complexity index is 1530. The third-order valence-electron chi connectivity index (χ3n) is 6.89. The third kappa shape index (κ3) is 3.64. The molecule has 0 saturated heterocycles. The molecule has 182 valence electrons. The number of hydrogen-bond donors (Lipinski definition) is 2. The van der Waals surface area contributed by atoms with Crippen molar-refractivity contribution >= 4 is 34.6 Å². The third-order valence-corrected chi connectivity index (χ3v) is 7.67. The minimum absolute atomic E-state index is 0.107. The van der Waals surface area contributed by atoms with E-state index in [0.717, 1.165) is 38.7 Å². The molecule has 0 radical (unpaired) electrons. The van der Waals surface area contributed by atoms with E-state index in [4.69, 9.17) is 9.41 Å². The van der Waals surface area contributed by atoms with E-state index in [2.05, 4.69) is 53.9 Å². The van der Waals surface area contributed by atoms with E-state index >= 15 is 4.39 Å². The van der Waals surface area contributed by atoms with Crippen molar-refractivity contribution in [3.05, 3.63) is 101 Å². The summed E-state index contributed by atoms with van der Waals surface area (Å²) < 4.78 is 24.0. The standard InChI is InChI=1S/C28H25FN4O2S/c1-17-5-3-6-18(2)26(17)23-15-28(19-7-4-8-20(13-19)36-32-27(28)31-23)33(10-11-34)16-24-21(29)14-25-22(30-24)9-12-35-25/h3-9,12-15,34H,10-11,16H2,1-2H3,(H,31,32). The van der Waals surface area contributed by atoms with Crippen molar-refractivity contribution in [1.29, 1.82) is 0 Å². The fraction of sp³-hybridized carbons (Fsp3) is 0.214. The molecule has 36 heavy (non-hydrogen) atoms. The molecule has 2 N–H and O–H groups in total. The quantitative estimate of drug-likeness (QED) is 0.348. The molecule has 2 bridgehead atoms. The highest BCUT2D eigenvalue weighted by Crippen LogP contribution is 2.45. The van der Waals surface area contributed by atoms with E-state index in [1.807, 2.05) is 23.1 Å². The molecular formula is C28H25FN4O2S. The predicted molar refractivity (Wildman–Crippen MR) is 140 cm³/mol. The molecular weight excluding hydrogens is 475 g/mol. The highest BCUT2D eigenvalue weighted by molar-refractivity contribution is 7.98. The number of furan rings is 1. The van der Waals surface area contributed by atoms with Crippen LogP contribution in [0.2, 0.25) is 0 Å². The van der Waals surface area contributed by atoms with Gasteiger partial charge in [-0.25, -0.2) is 14.4 Å². The lowest BCUT2D eigenvalue weighted by atomic mass is 9.85. The Morgan fingerprint density at radius 3 is 2.72 bits per heavy atom. The SMILES string of the molecule is Cc1cccc(C)c1C1=CC2(N(CCO)Cc3nc4ccoc4cc3F)C(=N1)NSc1cccc2c1. The van der Waals surface area contributed by atoms with Gasteiger partial charge in [-0.1, -0.05) is 30.3 Å². The number of halogens is 1. The first-order valence-electron chi connectivity index (χ1n) is 11.8. The number of nitrogens with zero attached hydrogens (tertiary/aromatic N) is 3. The number of rotatable bonds is 6. The van der Waals surface area contributed by atoms with Crippen LogP contribution in [-0.4, -0.2) is 34.0 Å². The maximum absolute atomic E-state index is 15.2. The molecule has 6 nitrogen and oxygen atoms in total. The Labute approximate surface area is 212 Å². The van der Waals surface area contributed by atoms with Crippen LogP contribution in [-0.2, 0) is 12.1 Å². The van der Waals surface area contributed by atoms with Crippen molar-refractivity contribution in [3.8, 4) is 0 Å². The first-order valence-corrected chi connectivity index (χ1v) is 12.6. The second-order valence-electron chi connectivity index (χ2n) is 9.12. The number of hydrogen-bond acceptors (Lipinski definition) is 7. The summed E-state index contributed by atoms with van der Waals surface area (Å²) in [5.74, 6) is 0.279. The van der Waals surface area contributed by atoms with Gasteiger partial charge in [-0.05, 0) is 60.7 Å². The molecule has 1 unspecified atom stereocenters. The maximum Gasteiger partial charge on any atom is 0.155 e. The Morgan fingerprint density at radius 2 is 1.92 bits per heavy atom. The van der Waals surface area contributed by atoms with Gasteiger partial charge in [0.15, 0.2) is 5.58 Å². The highest BCUT2D eigenvalue weighted by Gasteiger charge is 2.47. The zero-order chi connectivity index (χ0) is 24.9. The molecule has 2 aliphatic rings. The second-order valence-corrected chi connectivity index (χ2v) is 10.0. The van der Waals surface area contributed by atoms with Crippen LogP contribution in [0.4, 0.5) is 4.39 Å². The van der Waals surface area contributed by atoms with Gasteiger partial charge in [-0.2, -0.15) is 0 Å². The number of aliphatic imine (C=N–C) groups is 1. The average Bonchev–Trinajstić information content (AvgIpc) is 3.45. The number of aliphatic hydroxyl groups excluding tert-OH is 1. The Kier molecular flexibility index (Phi) is 5.67. The van der Waals surface area contributed by atoms with Crippen LogP contribution in [0, 0.1) is 19.7 Å². The molecule has 2 aromatic carbocycles. The molecule has 4 aromatic rings. The number of aliphatic hydroxyl groups is 1. The molecule has 2 aromatic heterocycles. The summed E-state index contributed by atoms with van der Waals surface area (Å²) in [6.45, 7) is 4.51. The molecule has 2 aliphatic heterocycles. The van der Waals surface area contributed by atoms with Crippen molar-refractivity contribution in [2.24, 2.45) is 4.99 Å². The van der Waals surface area contributed by atoms with Crippen LogP contribution >= 0.6 is 11.9 Å². The van der Waals surface area contributed by atoms with Crippen LogP contribution in [0.5, 0.6) is 0 Å². The molecule has 0 saturated carbocycles. The van der Waals surface area contributed by atoms with Crippen LogP contribution in [0.3, 0.4) is 0 Å². The van der Waals surface area contributed by atoms with E-state index in [-0.39, 0.29) is 25.4 Å². The normalized spacial score (nSPS) is 18.6. The lowest BCUT2D eigenvalue weighted by Crippen LogP contribution is -2.53. The second kappa shape index (κ2) is 8.89. The van der Waals surface area contributed by atoms with Gasteiger partial charge < -0.3 is 14.2 Å². The number of amidine groups is 1. The van der Waals surface area contributed by atoms with Crippen molar-refractivity contribution in [3.63, 3.8) is 0 Å². The first-order chi connectivity index (χ1) is 17.5. The summed E-state index contributed by atoms with van der Waals surface area (Å²) in [4.78, 5) is 12.7. The number of pyridine rings is 1. The fourth-order valence-electron chi connectivity index (χ4n) is 5.20. The van der Waals surface area contributed by atoms with Crippen molar-refractivity contribution in [1.82, 2.24) is 14.6 Å². The smallest absolute Gasteiger partial charge is 0.155 e. The monoisotopic (exact) mass is 500 g/mol. The van der Waals surface area contributed by atoms with Gasteiger partial charge in [0.05, 0.1) is 24.3 Å². The van der Waals surface area contributed by atoms with Gasteiger partial charge >= 0.3 is 0 Å². The molecule has 4 heterocycles. The molecule has 8 heteroatoms. The fourth-order valence-corrected chi connectivity index (χ4v) is 5.95. The van der Waals surface area contributed by atoms with Crippen LogP contribution in [0.25, 0.3) is 16.8 Å². The zero-order valence-electron chi connectivity index (χ0n) is 20.0. The number of aromatic nitrogens is 1. The minimum atomic E-state index is -0.841. The van der Waals surface area contributed by atoms with Gasteiger partial charge in [0.2, 0.25) is 0 Å². The molecule has 1 atom stereocenters. The Morgan fingerprint density at radius 1 is 1.11 bits per heavy atom. The van der Waals surface area contributed by atoms with E-state index in [9.17, 15) is 5.11 Å². The topological polar surface area (TPSA) is 73.9 Å². The Balaban J connectivity index is 1.55. The van der Waals surface area contributed by atoms with Crippen molar-refractivity contribution in [2.75, 3.05) is 13.2 Å². The number of nitrogens with one attached hydrogen (secondary N) is 1. The predicted octanol–water partition coefficient (Wildman–Crippen LogP) is 5.34. The molecule has 0 spiro atoms. The molecule has 0 aliphatic carbocycles. The lowest BCUT2D eigenvalue weighted by molar-refractivity contribution is 0.132. The van der Waals surface area contributed by atoms with E-state index in [0.29, 0.717) is 11.1 Å². The highest BCUT2D eigenvalue weighted by atomic mass is 32.2. The van der Waals surface area contributed by atoms with E-state index in [1.165, 1.54) is 24.3 Å². The summed E-state index contributed by atoms with van der Waals surface area (Å²) in [5.41, 5.74) is 5.63. The van der Waals surface area contributed by atoms with Crippen LogP contribution in [0.15, 0.2) is 81.2 Å². The number of fused-ring (bicyclic) bond motifs is 5. The number of aryl methyl sites for hydroxylation is 2. The van der Waals surface area contributed by atoms with Gasteiger partial charge in [-0.15, -0.1) is 0 Å². The lowest BCUT2D eigenvalue weighted by Gasteiger charge is -2.40. The summed E-state index contributed by atoms with van der Waals surface area (Å²) in [6.07, 6.45) is 3.64. The van der Waals surface area contributed by atoms with Crippen LogP contribution < -0.4 is 4.72 Å². The summed E-state index contributed by atoms with van der Waals surface area (Å²) >= 11 is 1.50. The zero-order valence-corrected chi connectivity index (χ0v) is 20.8. The molecule has 0 amide bonds. The van der Waals surface area contributed by atoms with Gasteiger partial charge in [0.25, 0.3) is 0 Å². The first kappa shape index (κ1) is 23.0. The van der Waals surface area contributed by atoms with Gasteiger partial charge in [0, 0.05) is 35.7 Å². The van der Waals surface area contributed by atoms with Gasteiger partial charge in [0.1, 0.15) is 22.7 Å². The largest absolute Gasteiger partial charge is 0.463 e. The number of benzene rings is 2. The average molecular weight is 501 g/mol. The Hall–Kier alpha value is -3.46. The van der Waals surface area contributed by atoms with Gasteiger partial charge in [-0.3, -0.25) is 4.90 Å². The van der Waals surface area contributed by atoms with Crippen molar-refractivity contribution in [2.45, 2.75) is 30.8 Å². The van der Waals surface area contributed by atoms with Crippen molar-refractivity contribution < 1.29 is 13.9 Å². The van der Waals surface area contributed by atoms with Crippen LogP contribution in [0.1, 0.15) is 27.9 Å². The van der Waals surface area contributed by atoms with E-state index in [1.54, 1.807) is 6.07 Å².